The van der Waals surface area contributed by atoms with Crippen LogP contribution < -0.4 is 5.32 Å². The topological polar surface area (TPSA) is 29.9 Å². The van der Waals surface area contributed by atoms with Crippen molar-refractivity contribution < 1.29 is 0 Å². The van der Waals surface area contributed by atoms with Gasteiger partial charge in [-0.15, -0.1) is 0 Å². The fourth-order valence-electron chi connectivity index (χ4n) is 2.13. The Labute approximate surface area is 93.0 Å². The molecule has 1 unspecified atom stereocenters. The molecule has 1 N–H and O–H groups in total. The van der Waals surface area contributed by atoms with Crippen molar-refractivity contribution in [1.29, 1.82) is 0 Å². The number of halogens is 1. The van der Waals surface area contributed by atoms with Crippen LogP contribution in [0, 0.1) is 12.8 Å². The van der Waals surface area contributed by atoms with E-state index in [4.69, 9.17) is 0 Å². The maximum absolute atomic E-state index is 4.57. The first kappa shape index (κ1) is 10.2. The molecular weight excluding hydrogens is 242 g/mol. The third kappa shape index (κ3) is 1.73. The molecule has 4 heteroatoms. The van der Waals surface area contributed by atoms with Gasteiger partial charge in [0.1, 0.15) is 10.4 Å². The summed E-state index contributed by atoms with van der Waals surface area (Å²) in [4.78, 5) is 4.57. The molecule has 0 aliphatic carbocycles. The Hall–Kier alpha value is -0.350. The van der Waals surface area contributed by atoms with Gasteiger partial charge in [0.15, 0.2) is 0 Å². The van der Waals surface area contributed by atoms with Crippen LogP contribution in [-0.2, 0) is 13.0 Å². The molecule has 0 bridgehead atoms. The number of hydrogen-bond acceptors (Lipinski definition) is 2. The van der Waals surface area contributed by atoms with E-state index in [0.717, 1.165) is 35.7 Å². The Balaban J connectivity index is 2.19. The van der Waals surface area contributed by atoms with Crippen LogP contribution in [0.3, 0.4) is 0 Å². The standard InChI is InChI=1S/C10H16BrN3/c1-7-10(11)14-4-3-8(6-12-2)5-9(14)13-7/h8,12H,3-6H2,1-2H3. The van der Waals surface area contributed by atoms with Gasteiger partial charge in [-0.3, -0.25) is 0 Å². The number of fused-ring (bicyclic) bond motifs is 1. The maximum Gasteiger partial charge on any atom is 0.110 e. The highest BCUT2D eigenvalue weighted by molar-refractivity contribution is 9.10. The Bertz CT molecular complexity index is 332. The fourth-order valence-corrected chi connectivity index (χ4v) is 2.60. The van der Waals surface area contributed by atoms with Gasteiger partial charge in [-0.1, -0.05) is 0 Å². The second kappa shape index (κ2) is 4.03. The third-order valence-electron chi connectivity index (χ3n) is 2.87. The Morgan fingerprint density at radius 2 is 2.43 bits per heavy atom. The average Bonchev–Trinajstić information content (AvgIpc) is 2.43. The van der Waals surface area contributed by atoms with Gasteiger partial charge in [-0.05, 0) is 48.8 Å². The average molecular weight is 258 g/mol. The monoisotopic (exact) mass is 257 g/mol. The Morgan fingerprint density at radius 3 is 3.14 bits per heavy atom. The predicted molar refractivity (Wildman–Crippen MR) is 60.4 cm³/mol. The summed E-state index contributed by atoms with van der Waals surface area (Å²) in [7, 11) is 2.02. The Morgan fingerprint density at radius 1 is 1.64 bits per heavy atom. The van der Waals surface area contributed by atoms with Crippen molar-refractivity contribution in [2.75, 3.05) is 13.6 Å². The van der Waals surface area contributed by atoms with Gasteiger partial charge in [0.05, 0.1) is 5.69 Å². The molecule has 1 aromatic rings. The van der Waals surface area contributed by atoms with E-state index >= 15 is 0 Å². The Kier molecular flexibility index (Phi) is 2.93. The van der Waals surface area contributed by atoms with Crippen molar-refractivity contribution in [3.05, 3.63) is 16.1 Å². The number of nitrogens with zero attached hydrogens (tertiary/aromatic N) is 2. The van der Waals surface area contributed by atoms with Crippen molar-refractivity contribution in [1.82, 2.24) is 14.9 Å². The van der Waals surface area contributed by atoms with E-state index in [0.29, 0.717) is 0 Å². The number of aromatic nitrogens is 2. The van der Waals surface area contributed by atoms with Crippen LogP contribution in [0.4, 0.5) is 0 Å². The van der Waals surface area contributed by atoms with E-state index in [1.807, 2.05) is 7.05 Å². The lowest BCUT2D eigenvalue weighted by molar-refractivity contribution is 0.369. The van der Waals surface area contributed by atoms with Gasteiger partial charge in [-0.25, -0.2) is 4.98 Å². The van der Waals surface area contributed by atoms with E-state index in [1.54, 1.807) is 0 Å². The molecule has 1 aliphatic rings. The summed E-state index contributed by atoms with van der Waals surface area (Å²) >= 11 is 3.58. The number of nitrogens with one attached hydrogen (secondary N) is 1. The first-order valence-electron chi connectivity index (χ1n) is 5.08. The van der Waals surface area contributed by atoms with Gasteiger partial charge in [0.25, 0.3) is 0 Å². The van der Waals surface area contributed by atoms with Crippen LogP contribution in [-0.4, -0.2) is 23.1 Å². The van der Waals surface area contributed by atoms with E-state index in [1.165, 1.54) is 12.2 Å². The second-order valence-corrected chi connectivity index (χ2v) is 4.72. The van der Waals surface area contributed by atoms with E-state index in [9.17, 15) is 0 Å². The molecule has 0 saturated heterocycles. The molecule has 0 radical (unpaired) electrons. The summed E-state index contributed by atoms with van der Waals surface area (Å²) in [6.07, 6.45) is 2.36. The smallest absolute Gasteiger partial charge is 0.110 e. The molecule has 1 aliphatic heterocycles. The highest BCUT2D eigenvalue weighted by Crippen LogP contribution is 2.26. The third-order valence-corrected chi connectivity index (χ3v) is 3.87. The van der Waals surface area contributed by atoms with Crippen LogP contribution in [0.25, 0.3) is 0 Å². The van der Waals surface area contributed by atoms with Gasteiger partial charge in [-0.2, -0.15) is 0 Å². The lowest BCUT2D eigenvalue weighted by Gasteiger charge is -2.23. The number of hydrogen-bond donors (Lipinski definition) is 1. The van der Waals surface area contributed by atoms with Gasteiger partial charge < -0.3 is 9.88 Å². The van der Waals surface area contributed by atoms with E-state index < -0.39 is 0 Å². The zero-order valence-electron chi connectivity index (χ0n) is 8.68. The minimum absolute atomic E-state index is 0.751. The molecule has 0 saturated carbocycles. The predicted octanol–water partition coefficient (Wildman–Crippen LogP) is 1.74. The van der Waals surface area contributed by atoms with Gasteiger partial charge in [0, 0.05) is 13.0 Å². The second-order valence-electron chi connectivity index (χ2n) is 3.97. The SMILES string of the molecule is CNCC1CCn2c(nc(C)c2Br)C1. The first-order valence-corrected chi connectivity index (χ1v) is 5.87. The van der Waals surface area contributed by atoms with Gasteiger partial charge in [0.2, 0.25) is 0 Å². The minimum Gasteiger partial charge on any atom is -0.323 e. The zero-order valence-corrected chi connectivity index (χ0v) is 10.3. The summed E-state index contributed by atoms with van der Waals surface area (Å²) in [5.41, 5.74) is 1.12. The molecule has 0 fully saturated rings. The van der Waals surface area contributed by atoms with Crippen molar-refractivity contribution >= 4 is 15.9 Å². The molecule has 2 heterocycles. The largest absolute Gasteiger partial charge is 0.323 e. The van der Waals surface area contributed by atoms with Crippen molar-refractivity contribution in [2.24, 2.45) is 5.92 Å². The summed E-state index contributed by atoms with van der Waals surface area (Å²) < 4.78 is 3.46. The van der Waals surface area contributed by atoms with Gasteiger partial charge >= 0.3 is 0 Å². The highest BCUT2D eigenvalue weighted by Gasteiger charge is 2.21. The van der Waals surface area contributed by atoms with Crippen molar-refractivity contribution in [3.63, 3.8) is 0 Å². The van der Waals surface area contributed by atoms with Crippen LogP contribution in [0.15, 0.2) is 4.60 Å². The lowest BCUT2D eigenvalue weighted by atomic mass is 9.98. The number of aryl methyl sites for hydroxylation is 1. The fraction of sp³-hybridized carbons (Fsp3) is 0.700. The van der Waals surface area contributed by atoms with Crippen LogP contribution in [0.5, 0.6) is 0 Å². The molecule has 14 heavy (non-hydrogen) atoms. The molecule has 78 valence electrons. The normalized spacial score (nSPS) is 20.9. The molecule has 3 nitrogen and oxygen atoms in total. The summed E-state index contributed by atoms with van der Waals surface area (Å²) in [5, 5.41) is 3.24. The van der Waals surface area contributed by atoms with Crippen molar-refractivity contribution in [3.8, 4) is 0 Å². The first-order chi connectivity index (χ1) is 6.72. The molecular formula is C10H16BrN3. The maximum atomic E-state index is 4.57. The molecule has 0 aromatic carbocycles. The highest BCUT2D eigenvalue weighted by atomic mass is 79.9. The van der Waals surface area contributed by atoms with Crippen LogP contribution in [0.1, 0.15) is 17.9 Å². The van der Waals surface area contributed by atoms with E-state index in [-0.39, 0.29) is 0 Å². The molecule has 0 spiro atoms. The quantitative estimate of drug-likeness (QED) is 0.875. The number of rotatable bonds is 2. The van der Waals surface area contributed by atoms with Crippen LogP contribution in [0.2, 0.25) is 0 Å². The summed E-state index contributed by atoms with van der Waals surface area (Å²) in [5.74, 6) is 1.99. The molecule has 0 amide bonds. The summed E-state index contributed by atoms with van der Waals surface area (Å²) in [6, 6.07) is 0. The van der Waals surface area contributed by atoms with E-state index in [2.05, 4.69) is 37.7 Å². The molecule has 1 atom stereocenters. The zero-order chi connectivity index (χ0) is 10.1. The molecule has 1 aromatic heterocycles. The molecule has 2 rings (SSSR count). The number of imidazole rings is 1. The lowest BCUT2D eigenvalue weighted by Crippen LogP contribution is -2.27. The van der Waals surface area contributed by atoms with Crippen molar-refractivity contribution in [2.45, 2.75) is 26.3 Å². The minimum atomic E-state index is 0.751. The van der Waals surface area contributed by atoms with Crippen LogP contribution >= 0.6 is 15.9 Å². The summed E-state index contributed by atoms with van der Waals surface area (Å²) in [6.45, 7) is 4.26.